The van der Waals surface area contributed by atoms with Crippen molar-refractivity contribution in [3.8, 4) is 0 Å². The topological polar surface area (TPSA) is 86.7 Å². The van der Waals surface area contributed by atoms with Crippen molar-refractivity contribution in [1.82, 2.24) is 10.2 Å². The molecule has 1 saturated heterocycles. The lowest BCUT2D eigenvalue weighted by atomic mass is 9.96. The summed E-state index contributed by atoms with van der Waals surface area (Å²) >= 11 is 0. The molecule has 2 rings (SSSR count). The molecule has 0 unspecified atom stereocenters. The molecule has 1 aliphatic heterocycles. The van der Waals surface area contributed by atoms with Gasteiger partial charge >= 0.3 is 6.09 Å². The Labute approximate surface area is 126 Å². The molecule has 1 aromatic carbocycles. The van der Waals surface area contributed by atoms with Crippen LogP contribution in [-0.2, 0) is 4.79 Å². The maximum absolute atomic E-state index is 12.8. The maximum Gasteiger partial charge on any atom is 0.407 e. The molecule has 2 amide bonds. The molecule has 1 aromatic rings. The standard InChI is InChI=1S/C15H17FN2O4/c16-12-3-1-10(2-4-12)13(19)9-17-14(20)11-5-7-18(8-6-11)15(21)22/h1-4,11H,5-9H2,(H,17,20)(H,21,22). The number of carboxylic acid groups (broad SMARTS) is 1. The van der Waals surface area contributed by atoms with Crippen LogP contribution in [0.5, 0.6) is 0 Å². The number of hydrogen-bond donors (Lipinski definition) is 2. The fraction of sp³-hybridized carbons (Fsp3) is 0.400. The normalized spacial score (nSPS) is 15.4. The number of carbonyl (C=O) groups is 3. The van der Waals surface area contributed by atoms with E-state index in [1.54, 1.807) is 0 Å². The first kappa shape index (κ1) is 15.9. The van der Waals surface area contributed by atoms with E-state index in [0.29, 0.717) is 31.5 Å². The van der Waals surface area contributed by atoms with E-state index in [2.05, 4.69) is 5.32 Å². The number of piperidine rings is 1. The Morgan fingerprint density at radius 1 is 1.18 bits per heavy atom. The van der Waals surface area contributed by atoms with E-state index >= 15 is 0 Å². The number of halogens is 1. The number of benzene rings is 1. The molecule has 0 radical (unpaired) electrons. The average molecular weight is 308 g/mol. The highest BCUT2D eigenvalue weighted by atomic mass is 19.1. The third-order valence-corrected chi connectivity index (χ3v) is 3.73. The van der Waals surface area contributed by atoms with E-state index in [9.17, 15) is 18.8 Å². The van der Waals surface area contributed by atoms with Gasteiger partial charge in [0.15, 0.2) is 5.78 Å². The molecule has 1 aliphatic rings. The van der Waals surface area contributed by atoms with Gasteiger partial charge in [0.25, 0.3) is 0 Å². The third-order valence-electron chi connectivity index (χ3n) is 3.73. The van der Waals surface area contributed by atoms with Gasteiger partial charge < -0.3 is 15.3 Å². The Bertz CT molecular complexity index is 565. The SMILES string of the molecule is O=C(CNC(=O)C1CCN(C(=O)O)CC1)c1ccc(F)cc1. The molecule has 6 nitrogen and oxygen atoms in total. The van der Waals surface area contributed by atoms with Crippen molar-refractivity contribution in [2.75, 3.05) is 19.6 Å². The molecule has 1 fully saturated rings. The lowest BCUT2D eigenvalue weighted by Gasteiger charge is -2.29. The third kappa shape index (κ3) is 4.03. The molecule has 2 N–H and O–H groups in total. The molecule has 0 aliphatic carbocycles. The second-order valence-electron chi connectivity index (χ2n) is 5.19. The van der Waals surface area contributed by atoms with Crippen LogP contribution in [0.3, 0.4) is 0 Å². The van der Waals surface area contributed by atoms with Crippen molar-refractivity contribution in [2.45, 2.75) is 12.8 Å². The van der Waals surface area contributed by atoms with E-state index in [1.165, 1.54) is 29.2 Å². The summed E-state index contributed by atoms with van der Waals surface area (Å²) in [5.41, 5.74) is 0.336. The minimum atomic E-state index is -0.981. The van der Waals surface area contributed by atoms with Crippen molar-refractivity contribution in [2.24, 2.45) is 5.92 Å². The predicted molar refractivity (Wildman–Crippen MR) is 76.1 cm³/mol. The number of nitrogens with one attached hydrogen (secondary N) is 1. The van der Waals surface area contributed by atoms with Crippen LogP contribution in [0.2, 0.25) is 0 Å². The largest absolute Gasteiger partial charge is 0.465 e. The maximum atomic E-state index is 12.8. The molecule has 0 saturated carbocycles. The van der Waals surface area contributed by atoms with E-state index in [1.807, 2.05) is 0 Å². The van der Waals surface area contributed by atoms with Crippen molar-refractivity contribution >= 4 is 17.8 Å². The van der Waals surface area contributed by atoms with Crippen LogP contribution < -0.4 is 5.32 Å². The molecule has 0 atom stereocenters. The zero-order valence-corrected chi connectivity index (χ0v) is 11.9. The van der Waals surface area contributed by atoms with Crippen LogP contribution in [-0.4, -0.2) is 47.4 Å². The zero-order valence-electron chi connectivity index (χ0n) is 11.9. The van der Waals surface area contributed by atoms with Gasteiger partial charge in [0.05, 0.1) is 6.54 Å². The number of rotatable bonds is 4. The van der Waals surface area contributed by atoms with Gasteiger partial charge in [-0.2, -0.15) is 0 Å². The number of Topliss-reactive ketones (excluding diaryl/α,β-unsaturated/α-hetero) is 1. The van der Waals surface area contributed by atoms with Gasteiger partial charge in [-0.25, -0.2) is 9.18 Å². The molecule has 7 heteroatoms. The smallest absolute Gasteiger partial charge is 0.407 e. The molecule has 0 spiro atoms. The number of carbonyl (C=O) groups excluding carboxylic acids is 2. The molecule has 0 aromatic heterocycles. The highest BCUT2D eigenvalue weighted by molar-refractivity contribution is 5.99. The minimum Gasteiger partial charge on any atom is -0.465 e. The van der Waals surface area contributed by atoms with Crippen molar-refractivity contribution in [1.29, 1.82) is 0 Å². The van der Waals surface area contributed by atoms with Gasteiger partial charge in [0.2, 0.25) is 5.91 Å². The van der Waals surface area contributed by atoms with Crippen LogP contribution in [0.25, 0.3) is 0 Å². The zero-order chi connectivity index (χ0) is 16.1. The molecular weight excluding hydrogens is 291 g/mol. The lowest BCUT2D eigenvalue weighted by Crippen LogP contribution is -2.43. The summed E-state index contributed by atoms with van der Waals surface area (Å²) in [4.78, 5) is 35.9. The van der Waals surface area contributed by atoms with Crippen LogP contribution in [0.15, 0.2) is 24.3 Å². The predicted octanol–water partition coefficient (Wildman–Crippen LogP) is 1.51. The van der Waals surface area contributed by atoms with E-state index in [-0.39, 0.29) is 24.2 Å². The monoisotopic (exact) mass is 308 g/mol. The first-order valence-corrected chi connectivity index (χ1v) is 7.01. The first-order chi connectivity index (χ1) is 10.5. The number of hydrogen-bond acceptors (Lipinski definition) is 3. The van der Waals surface area contributed by atoms with E-state index < -0.39 is 11.9 Å². The lowest BCUT2D eigenvalue weighted by molar-refractivity contribution is -0.126. The number of nitrogens with zero attached hydrogens (tertiary/aromatic N) is 1. The molecule has 118 valence electrons. The fourth-order valence-corrected chi connectivity index (χ4v) is 2.38. The minimum absolute atomic E-state index is 0.149. The molecular formula is C15H17FN2O4. The molecule has 22 heavy (non-hydrogen) atoms. The van der Waals surface area contributed by atoms with Gasteiger partial charge in [-0.1, -0.05) is 0 Å². The van der Waals surface area contributed by atoms with Crippen molar-refractivity contribution in [3.63, 3.8) is 0 Å². The van der Waals surface area contributed by atoms with E-state index in [0.717, 1.165) is 0 Å². The summed E-state index contributed by atoms with van der Waals surface area (Å²) in [6.07, 6.45) is -0.0866. The second-order valence-corrected chi connectivity index (χ2v) is 5.19. The Kier molecular flexibility index (Phi) is 5.08. The van der Waals surface area contributed by atoms with Crippen LogP contribution in [0, 0.1) is 11.7 Å². The summed E-state index contributed by atoms with van der Waals surface area (Å²) in [5.74, 6) is -1.25. The summed E-state index contributed by atoms with van der Waals surface area (Å²) in [7, 11) is 0. The van der Waals surface area contributed by atoms with E-state index in [4.69, 9.17) is 5.11 Å². The Morgan fingerprint density at radius 3 is 2.32 bits per heavy atom. The van der Waals surface area contributed by atoms with Crippen LogP contribution in [0.1, 0.15) is 23.2 Å². The first-order valence-electron chi connectivity index (χ1n) is 7.01. The summed E-state index contributed by atoms with van der Waals surface area (Å²) in [5, 5.41) is 11.4. The van der Waals surface area contributed by atoms with Crippen molar-refractivity contribution < 1.29 is 23.9 Å². The summed E-state index contributed by atoms with van der Waals surface area (Å²) < 4.78 is 12.8. The number of amides is 2. The summed E-state index contributed by atoms with van der Waals surface area (Å²) in [6, 6.07) is 5.12. The Morgan fingerprint density at radius 2 is 1.77 bits per heavy atom. The van der Waals surface area contributed by atoms with Gasteiger partial charge in [-0.3, -0.25) is 9.59 Å². The average Bonchev–Trinajstić information content (AvgIpc) is 2.53. The van der Waals surface area contributed by atoms with Crippen molar-refractivity contribution in [3.05, 3.63) is 35.6 Å². The number of ketones is 1. The Hall–Kier alpha value is -2.44. The second kappa shape index (κ2) is 7.02. The van der Waals surface area contributed by atoms with Crippen LogP contribution in [0.4, 0.5) is 9.18 Å². The summed E-state index contributed by atoms with van der Waals surface area (Å²) in [6.45, 7) is 0.488. The van der Waals surface area contributed by atoms with Gasteiger partial charge in [-0.05, 0) is 37.1 Å². The van der Waals surface area contributed by atoms with Crippen LogP contribution >= 0.6 is 0 Å². The van der Waals surface area contributed by atoms with Gasteiger partial charge in [0.1, 0.15) is 5.82 Å². The van der Waals surface area contributed by atoms with Gasteiger partial charge in [0, 0.05) is 24.6 Å². The number of likely N-dealkylation sites (tertiary alicyclic amines) is 1. The quantitative estimate of drug-likeness (QED) is 0.826. The Balaban J connectivity index is 1.79. The highest BCUT2D eigenvalue weighted by Gasteiger charge is 2.27. The molecule has 0 bridgehead atoms. The molecule has 1 heterocycles. The highest BCUT2D eigenvalue weighted by Crippen LogP contribution is 2.17. The fourth-order valence-electron chi connectivity index (χ4n) is 2.38. The van der Waals surface area contributed by atoms with Gasteiger partial charge in [-0.15, -0.1) is 0 Å².